The lowest BCUT2D eigenvalue weighted by Gasteiger charge is -2.31. The lowest BCUT2D eigenvalue weighted by atomic mass is 9.83. The fraction of sp³-hybridized carbons (Fsp3) is 0.364. The zero-order chi connectivity index (χ0) is 31.9. The number of esters is 1. The summed E-state index contributed by atoms with van der Waals surface area (Å²) in [4.78, 5) is 31.9. The largest absolute Gasteiger partial charge is 0.494 e. The van der Waals surface area contributed by atoms with Gasteiger partial charge >= 0.3 is 5.97 Å². The highest BCUT2D eigenvalue weighted by atomic mass is 79.9. The topological polar surface area (TPSA) is 106 Å². The Labute approximate surface area is 263 Å². The fourth-order valence-corrected chi connectivity index (χ4v) is 5.26. The van der Waals surface area contributed by atoms with Crippen LogP contribution in [-0.4, -0.2) is 47.2 Å². The predicted molar refractivity (Wildman–Crippen MR) is 164 cm³/mol. The van der Waals surface area contributed by atoms with Crippen LogP contribution < -0.4 is 10.1 Å². The highest BCUT2D eigenvalue weighted by molar-refractivity contribution is 9.10. The van der Waals surface area contributed by atoms with Crippen LogP contribution in [0.4, 0.5) is 8.78 Å². The molecule has 8 nitrogen and oxygen atoms in total. The molecule has 0 aromatic heterocycles. The number of carbonyl (C=O) groups is 2. The minimum absolute atomic E-state index is 0.0146. The van der Waals surface area contributed by atoms with Crippen molar-refractivity contribution in [1.82, 2.24) is 5.32 Å². The first-order chi connectivity index (χ1) is 20.9. The van der Waals surface area contributed by atoms with Crippen LogP contribution in [0.15, 0.2) is 76.2 Å². The van der Waals surface area contributed by atoms with Crippen LogP contribution in [0.25, 0.3) is 0 Å². The number of benzene rings is 3. The number of amides is 1. The summed E-state index contributed by atoms with van der Waals surface area (Å²) in [7, 11) is 0. The first-order valence-electron chi connectivity index (χ1n) is 14.2. The van der Waals surface area contributed by atoms with Gasteiger partial charge in [-0.25, -0.2) is 13.8 Å². The molecule has 3 aromatic rings. The summed E-state index contributed by atoms with van der Waals surface area (Å²) in [5, 5.41) is 11.8. The van der Waals surface area contributed by atoms with Gasteiger partial charge < -0.3 is 24.6 Å². The SMILES string of the molecule is CC(C)(C)OC(=O)CC[C@@]1(C(=O)NCc2cc(F)cc(F)c2)N=C(c2ccc(OCCCO)cc2)O[C@@H]1c1ccccc1Br. The van der Waals surface area contributed by atoms with Gasteiger partial charge in [-0.2, -0.15) is 0 Å². The number of nitrogens with zero attached hydrogens (tertiary/aromatic N) is 1. The summed E-state index contributed by atoms with van der Waals surface area (Å²) in [6.45, 7) is 5.43. The number of nitrogens with one attached hydrogen (secondary N) is 1. The number of aliphatic hydroxyl groups is 1. The van der Waals surface area contributed by atoms with E-state index in [9.17, 15) is 18.4 Å². The quantitative estimate of drug-likeness (QED) is 0.176. The number of aliphatic imine (C=N–C) groups is 1. The van der Waals surface area contributed by atoms with Gasteiger partial charge in [0.2, 0.25) is 5.90 Å². The molecule has 3 aromatic carbocycles. The van der Waals surface area contributed by atoms with Crippen molar-refractivity contribution in [2.24, 2.45) is 4.99 Å². The predicted octanol–water partition coefficient (Wildman–Crippen LogP) is 6.18. The molecule has 11 heteroatoms. The van der Waals surface area contributed by atoms with Gasteiger partial charge in [0.15, 0.2) is 11.6 Å². The van der Waals surface area contributed by atoms with Crippen molar-refractivity contribution in [3.8, 4) is 5.75 Å². The van der Waals surface area contributed by atoms with E-state index in [0.29, 0.717) is 34.4 Å². The minimum atomic E-state index is -1.65. The molecule has 0 unspecified atom stereocenters. The second kappa shape index (κ2) is 14.3. The highest BCUT2D eigenvalue weighted by Gasteiger charge is 2.53. The van der Waals surface area contributed by atoms with Crippen molar-refractivity contribution in [2.75, 3.05) is 13.2 Å². The summed E-state index contributed by atoms with van der Waals surface area (Å²) in [6.07, 6.45) is -0.718. The van der Waals surface area contributed by atoms with Crippen LogP contribution in [0, 0.1) is 11.6 Å². The molecule has 0 radical (unpaired) electrons. The van der Waals surface area contributed by atoms with E-state index in [4.69, 9.17) is 24.3 Å². The van der Waals surface area contributed by atoms with Gasteiger partial charge in [-0.3, -0.25) is 9.59 Å². The lowest BCUT2D eigenvalue weighted by molar-refractivity contribution is -0.155. The number of carbonyl (C=O) groups excluding carboxylic acids is 2. The maximum absolute atomic E-state index is 14.2. The van der Waals surface area contributed by atoms with E-state index in [2.05, 4.69) is 21.2 Å². The Morgan fingerprint density at radius 3 is 2.39 bits per heavy atom. The average molecular weight is 674 g/mol. The Balaban J connectivity index is 1.74. The zero-order valence-corrected chi connectivity index (χ0v) is 26.3. The van der Waals surface area contributed by atoms with E-state index in [1.165, 1.54) is 0 Å². The Morgan fingerprint density at radius 1 is 1.07 bits per heavy atom. The van der Waals surface area contributed by atoms with Crippen LogP contribution in [0.2, 0.25) is 0 Å². The molecule has 0 bridgehead atoms. The Kier molecular flexibility index (Phi) is 10.7. The molecule has 0 saturated heterocycles. The molecule has 0 fully saturated rings. The van der Waals surface area contributed by atoms with Crippen molar-refractivity contribution < 1.29 is 37.7 Å². The van der Waals surface area contributed by atoms with Gasteiger partial charge in [0, 0.05) is 47.7 Å². The van der Waals surface area contributed by atoms with Crippen LogP contribution in [0.3, 0.4) is 0 Å². The molecular weight excluding hydrogens is 638 g/mol. The molecule has 2 atom stereocenters. The molecule has 1 aliphatic heterocycles. The second-order valence-electron chi connectivity index (χ2n) is 11.4. The van der Waals surface area contributed by atoms with Crippen molar-refractivity contribution in [3.05, 3.63) is 99.5 Å². The Bertz CT molecular complexity index is 1490. The number of halogens is 3. The van der Waals surface area contributed by atoms with Crippen LogP contribution in [0.1, 0.15) is 62.8 Å². The molecule has 4 rings (SSSR count). The summed E-state index contributed by atoms with van der Waals surface area (Å²) < 4.78 is 46.0. The number of ether oxygens (including phenoxy) is 3. The van der Waals surface area contributed by atoms with E-state index in [0.717, 1.165) is 18.2 Å². The number of hydrogen-bond donors (Lipinski definition) is 2. The van der Waals surface area contributed by atoms with Crippen molar-refractivity contribution in [2.45, 2.75) is 63.8 Å². The van der Waals surface area contributed by atoms with Crippen molar-refractivity contribution >= 4 is 33.7 Å². The molecule has 234 valence electrons. The fourth-order valence-electron chi connectivity index (χ4n) is 4.77. The van der Waals surface area contributed by atoms with E-state index in [1.807, 2.05) is 6.07 Å². The molecule has 1 heterocycles. The third-order valence-corrected chi connectivity index (χ3v) is 7.45. The van der Waals surface area contributed by atoms with E-state index >= 15 is 0 Å². The molecule has 0 aliphatic carbocycles. The van der Waals surface area contributed by atoms with Gasteiger partial charge in [-0.05, 0) is 75.2 Å². The summed E-state index contributed by atoms with van der Waals surface area (Å²) in [6, 6.07) is 17.2. The molecule has 0 saturated carbocycles. The third kappa shape index (κ3) is 8.41. The van der Waals surface area contributed by atoms with E-state index in [-0.39, 0.29) is 37.5 Å². The van der Waals surface area contributed by atoms with Gasteiger partial charge in [-0.1, -0.05) is 34.1 Å². The summed E-state index contributed by atoms with van der Waals surface area (Å²) >= 11 is 3.56. The van der Waals surface area contributed by atoms with Crippen LogP contribution >= 0.6 is 15.9 Å². The van der Waals surface area contributed by atoms with Gasteiger partial charge in [-0.15, -0.1) is 0 Å². The van der Waals surface area contributed by atoms with Gasteiger partial charge in [0.1, 0.15) is 23.0 Å². The standard InChI is InChI=1S/C33H35BrF2N2O6/c1-32(2,3)44-28(40)13-14-33(31(41)37-20-21-17-23(35)19-24(36)18-21)29(26-7-4-5-8-27(26)34)43-30(38-33)22-9-11-25(12-10-22)42-16-6-15-39/h4-5,7-12,17-19,29,39H,6,13-16,20H2,1-3H3,(H,37,41)/t29-,33-/m1/s1. The van der Waals surface area contributed by atoms with Crippen LogP contribution in [0.5, 0.6) is 5.75 Å². The van der Waals surface area contributed by atoms with E-state index < -0.39 is 40.8 Å². The first kappa shape index (κ1) is 33.1. The maximum Gasteiger partial charge on any atom is 0.306 e. The summed E-state index contributed by atoms with van der Waals surface area (Å²) in [5.41, 5.74) is -0.993. The number of hydrogen-bond acceptors (Lipinski definition) is 7. The number of rotatable bonds is 12. The number of aliphatic hydroxyl groups excluding tert-OH is 1. The molecule has 1 aliphatic rings. The Hall–Kier alpha value is -3.83. The Morgan fingerprint density at radius 2 is 1.75 bits per heavy atom. The lowest BCUT2D eigenvalue weighted by Crippen LogP contribution is -2.48. The first-order valence-corrected chi connectivity index (χ1v) is 15.0. The molecule has 44 heavy (non-hydrogen) atoms. The summed E-state index contributed by atoms with van der Waals surface area (Å²) in [5.74, 6) is -1.90. The normalized spacial score (nSPS) is 17.9. The van der Waals surface area contributed by atoms with Crippen molar-refractivity contribution in [1.29, 1.82) is 0 Å². The zero-order valence-electron chi connectivity index (χ0n) is 24.7. The maximum atomic E-state index is 14.2. The highest BCUT2D eigenvalue weighted by Crippen LogP contribution is 2.45. The smallest absolute Gasteiger partial charge is 0.306 e. The van der Waals surface area contributed by atoms with Crippen molar-refractivity contribution in [3.63, 3.8) is 0 Å². The van der Waals surface area contributed by atoms with Gasteiger partial charge in [0.25, 0.3) is 5.91 Å². The molecule has 1 amide bonds. The third-order valence-electron chi connectivity index (χ3n) is 6.72. The molecular formula is C33H35BrF2N2O6. The molecule has 0 spiro atoms. The monoisotopic (exact) mass is 672 g/mol. The average Bonchev–Trinajstić information content (AvgIpc) is 3.35. The molecule has 2 N–H and O–H groups in total. The second-order valence-corrected chi connectivity index (χ2v) is 12.2. The minimum Gasteiger partial charge on any atom is -0.494 e. The van der Waals surface area contributed by atoms with Gasteiger partial charge in [0.05, 0.1) is 6.61 Å². The van der Waals surface area contributed by atoms with Crippen LogP contribution in [-0.2, 0) is 25.6 Å². The van der Waals surface area contributed by atoms with E-state index in [1.54, 1.807) is 63.2 Å².